The summed E-state index contributed by atoms with van der Waals surface area (Å²) in [6.45, 7) is 5.58. The van der Waals surface area contributed by atoms with Gasteiger partial charge in [-0.25, -0.2) is 4.89 Å². The molecule has 0 saturated heterocycles. The first-order valence-electron chi connectivity index (χ1n) is 9.84. The average molecular weight is 461 g/mol. The quantitative estimate of drug-likeness (QED) is 0.179. The van der Waals surface area contributed by atoms with E-state index in [1.807, 2.05) is 32.0 Å². The molecule has 0 bridgehead atoms. The third kappa shape index (κ3) is 8.98. The first-order valence-corrected chi connectivity index (χ1v) is 10.8. The van der Waals surface area contributed by atoms with Crippen molar-refractivity contribution < 1.29 is 37.5 Å². The van der Waals surface area contributed by atoms with Gasteiger partial charge in [0.2, 0.25) is 0 Å². The van der Waals surface area contributed by atoms with Crippen molar-refractivity contribution in [3.8, 4) is 11.5 Å². The molecule has 1 unspecified atom stereocenters. The number of benzene rings is 2. The number of alkyl halides is 3. The maximum absolute atomic E-state index is 12.7. The number of thioether (sulfide) groups is 1. The maximum atomic E-state index is 12.7. The van der Waals surface area contributed by atoms with Gasteiger partial charge in [0.15, 0.2) is 0 Å². The largest absolute Gasteiger partial charge is 0.493 e. The average Bonchev–Trinajstić information content (AvgIpc) is 2.74. The van der Waals surface area contributed by atoms with Gasteiger partial charge in [-0.3, -0.25) is 5.26 Å². The van der Waals surface area contributed by atoms with Gasteiger partial charge in [0.1, 0.15) is 24.7 Å². The number of rotatable bonds is 13. The Morgan fingerprint density at radius 3 is 2.35 bits per heavy atom. The molecule has 0 amide bonds. The minimum Gasteiger partial charge on any atom is -0.493 e. The van der Waals surface area contributed by atoms with E-state index >= 15 is 0 Å². The highest BCUT2D eigenvalue weighted by atomic mass is 32.2. The lowest BCUT2D eigenvalue weighted by Crippen LogP contribution is -2.20. The topological polar surface area (TPSA) is 57.2 Å². The highest BCUT2D eigenvalue weighted by Gasteiger charge is 2.30. The van der Waals surface area contributed by atoms with Crippen molar-refractivity contribution in [1.29, 1.82) is 0 Å². The molecule has 172 valence electrons. The zero-order valence-electron chi connectivity index (χ0n) is 17.5. The minimum atomic E-state index is -4.36. The van der Waals surface area contributed by atoms with Crippen LogP contribution < -0.4 is 9.47 Å². The van der Waals surface area contributed by atoms with Crippen molar-refractivity contribution in [1.82, 2.24) is 0 Å². The minimum absolute atomic E-state index is 0.0604. The molecule has 0 aromatic heterocycles. The van der Waals surface area contributed by atoms with E-state index in [0.29, 0.717) is 25.6 Å². The van der Waals surface area contributed by atoms with Crippen LogP contribution in [0.5, 0.6) is 11.5 Å². The van der Waals surface area contributed by atoms with Crippen molar-refractivity contribution in [3.05, 3.63) is 53.6 Å². The monoisotopic (exact) mass is 460 g/mol. The van der Waals surface area contributed by atoms with Gasteiger partial charge in [-0.15, -0.1) is 11.8 Å². The Bertz CT molecular complexity index is 784. The fraction of sp³-hybridized carbons (Fsp3) is 0.455. The zero-order chi connectivity index (χ0) is 22.7. The molecular formula is C22H27F3O5S. The van der Waals surface area contributed by atoms with E-state index in [1.165, 1.54) is 12.1 Å². The lowest BCUT2D eigenvalue weighted by atomic mass is 10.2. The smallest absolute Gasteiger partial charge is 0.416 e. The predicted molar refractivity (Wildman–Crippen MR) is 113 cm³/mol. The second-order valence-corrected chi connectivity index (χ2v) is 7.87. The van der Waals surface area contributed by atoms with E-state index in [0.717, 1.165) is 34.1 Å². The van der Waals surface area contributed by atoms with E-state index in [1.54, 1.807) is 11.8 Å². The Morgan fingerprint density at radius 2 is 1.74 bits per heavy atom. The zero-order valence-corrected chi connectivity index (χ0v) is 18.3. The van der Waals surface area contributed by atoms with Crippen molar-refractivity contribution in [2.24, 2.45) is 5.92 Å². The van der Waals surface area contributed by atoms with Crippen LogP contribution in [-0.2, 0) is 15.8 Å². The van der Waals surface area contributed by atoms with Gasteiger partial charge in [0.05, 0.1) is 18.8 Å². The van der Waals surface area contributed by atoms with Crippen LogP contribution in [-0.4, -0.2) is 44.0 Å². The molecule has 31 heavy (non-hydrogen) atoms. The molecular weight excluding hydrogens is 433 g/mol. The first kappa shape index (κ1) is 25.3. The van der Waals surface area contributed by atoms with Gasteiger partial charge in [-0.2, -0.15) is 13.2 Å². The van der Waals surface area contributed by atoms with Gasteiger partial charge in [-0.05, 0) is 61.9 Å². The summed E-state index contributed by atoms with van der Waals surface area (Å²) in [4.78, 5) is 5.05. The molecule has 0 heterocycles. The van der Waals surface area contributed by atoms with Crippen LogP contribution in [0, 0.1) is 12.8 Å². The summed E-state index contributed by atoms with van der Waals surface area (Å²) >= 11 is 1.64. The number of halogens is 3. The highest BCUT2D eigenvalue weighted by molar-refractivity contribution is 7.99. The van der Waals surface area contributed by atoms with E-state index in [9.17, 15) is 13.2 Å². The van der Waals surface area contributed by atoms with Gasteiger partial charge in [0.25, 0.3) is 0 Å². The molecule has 5 nitrogen and oxygen atoms in total. The summed E-state index contributed by atoms with van der Waals surface area (Å²) < 4.78 is 54.8. The summed E-state index contributed by atoms with van der Waals surface area (Å²) in [5.74, 6) is 1.89. The van der Waals surface area contributed by atoms with E-state index in [2.05, 4.69) is 4.89 Å². The molecule has 2 aromatic carbocycles. The third-order valence-corrected chi connectivity index (χ3v) is 5.51. The number of hydrogen-bond donors (Lipinski definition) is 1. The van der Waals surface area contributed by atoms with Crippen LogP contribution in [0.15, 0.2) is 47.4 Å². The van der Waals surface area contributed by atoms with Crippen LogP contribution in [0.2, 0.25) is 0 Å². The van der Waals surface area contributed by atoms with Gasteiger partial charge in [-0.1, -0.05) is 0 Å². The van der Waals surface area contributed by atoms with Crippen molar-refractivity contribution in [3.63, 3.8) is 0 Å². The fourth-order valence-corrected chi connectivity index (χ4v) is 3.70. The van der Waals surface area contributed by atoms with Gasteiger partial charge < -0.3 is 14.2 Å². The maximum Gasteiger partial charge on any atom is 0.416 e. The Kier molecular flexibility index (Phi) is 10.5. The number of ether oxygens (including phenoxy) is 3. The molecule has 2 aromatic rings. The van der Waals surface area contributed by atoms with Gasteiger partial charge in [0, 0.05) is 23.2 Å². The summed E-state index contributed by atoms with van der Waals surface area (Å²) in [5, 5.41) is 8.35. The van der Waals surface area contributed by atoms with E-state index < -0.39 is 11.7 Å². The van der Waals surface area contributed by atoms with Gasteiger partial charge >= 0.3 is 6.18 Å². The Hall–Kier alpha value is -1.94. The molecule has 2 rings (SSSR count). The molecule has 0 fully saturated rings. The number of aryl methyl sites for hydroxylation is 1. The summed E-state index contributed by atoms with van der Waals surface area (Å²) in [6, 6.07) is 10.5. The normalized spacial score (nSPS) is 12.6. The van der Waals surface area contributed by atoms with Crippen LogP contribution in [0.4, 0.5) is 13.2 Å². The standard InChI is InChI=1S/C22H27F3O5S/c1-3-27-13-17(14-29-19-6-4-18(5-7-19)22(23,24)25)15-31-20-8-9-21(16(2)12-20)28-10-11-30-26/h4-9,12,17,26H,3,10-11,13-15H2,1-2H3. The van der Waals surface area contributed by atoms with Crippen LogP contribution in [0.25, 0.3) is 0 Å². The second kappa shape index (κ2) is 12.8. The molecule has 0 saturated carbocycles. The summed E-state index contributed by atoms with van der Waals surface area (Å²) in [6.07, 6.45) is -4.36. The lowest BCUT2D eigenvalue weighted by Gasteiger charge is -2.18. The third-order valence-electron chi connectivity index (χ3n) is 4.29. The molecule has 0 aliphatic heterocycles. The lowest BCUT2D eigenvalue weighted by molar-refractivity contribution is -0.245. The molecule has 9 heteroatoms. The Labute approximate surface area is 184 Å². The fourth-order valence-electron chi connectivity index (χ4n) is 2.66. The number of hydrogen-bond acceptors (Lipinski definition) is 6. The van der Waals surface area contributed by atoms with E-state index in [-0.39, 0.29) is 19.1 Å². The van der Waals surface area contributed by atoms with Crippen LogP contribution in [0.1, 0.15) is 18.1 Å². The first-order chi connectivity index (χ1) is 14.8. The van der Waals surface area contributed by atoms with Crippen molar-refractivity contribution >= 4 is 11.8 Å². The molecule has 1 atom stereocenters. The summed E-state index contributed by atoms with van der Waals surface area (Å²) in [7, 11) is 0. The molecule has 1 N–H and O–H groups in total. The molecule has 0 spiro atoms. The van der Waals surface area contributed by atoms with Crippen molar-refractivity contribution in [2.75, 3.05) is 38.8 Å². The van der Waals surface area contributed by atoms with Crippen LogP contribution >= 0.6 is 11.8 Å². The van der Waals surface area contributed by atoms with E-state index in [4.69, 9.17) is 19.5 Å². The molecule has 0 radical (unpaired) electrons. The molecule has 0 aliphatic rings. The molecule has 0 aliphatic carbocycles. The highest BCUT2D eigenvalue weighted by Crippen LogP contribution is 2.31. The second-order valence-electron chi connectivity index (χ2n) is 6.78. The Morgan fingerprint density at radius 1 is 1.00 bits per heavy atom. The SMILES string of the molecule is CCOCC(COc1ccc(C(F)(F)F)cc1)CSc1ccc(OCCOO)c(C)c1. The Balaban J connectivity index is 1.90. The summed E-state index contributed by atoms with van der Waals surface area (Å²) in [5.41, 5.74) is 0.262. The predicted octanol–water partition coefficient (Wildman–Crippen LogP) is 5.71. The van der Waals surface area contributed by atoms with Crippen molar-refractivity contribution in [2.45, 2.75) is 24.9 Å². The van der Waals surface area contributed by atoms with Crippen LogP contribution in [0.3, 0.4) is 0 Å².